The summed E-state index contributed by atoms with van der Waals surface area (Å²) in [6.07, 6.45) is 1.37. The zero-order valence-electron chi connectivity index (χ0n) is 8.30. The largest absolute Gasteiger partial charge is 0.359 e. The van der Waals surface area contributed by atoms with Crippen molar-refractivity contribution in [2.45, 2.75) is 6.92 Å². The van der Waals surface area contributed by atoms with Gasteiger partial charge in [0.2, 0.25) is 0 Å². The lowest BCUT2D eigenvalue weighted by Crippen LogP contribution is -2.13. The summed E-state index contributed by atoms with van der Waals surface area (Å²) in [7, 11) is 0. The molecule has 82 valence electrons. The van der Waals surface area contributed by atoms with E-state index in [1.807, 2.05) is 0 Å². The zero-order chi connectivity index (χ0) is 11.9. The van der Waals surface area contributed by atoms with Crippen molar-refractivity contribution in [1.29, 1.82) is 0 Å². The number of H-pyrrole nitrogens is 1. The molecule has 0 amide bonds. The van der Waals surface area contributed by atoms with Crippen molar-refractivity contribution in [3.63, 3.8) is 0 Å². The lowest BCUT2D eigenvalue weighted by Gasteiger charge is -2.03. The molecule has 1 aromatic carbocycles. The molecule has 0 saturated heterocycles. The number of aromatic nitrogens is 1. The molecular formula is C11H7Cl2NO2. The quantitative estimate of drug-likeness (QED) is 0.797. The van der Waals surface area contributed by atoms with E-state index in [0.717, 1.165) is 0 Å². The fraction of sp³-hybridized carbons (Fsp3) is 0.0909. The Hall–Kier alpha value is -1.32. The number of nitrogens with one attached hydrogen (secondary N) is 1. The highest BCUT2D eigenvalue weighted by molar-refractivity contribution is 6.38. The lowest BCUT2D eigenvalue weighted by atomic mass is 10.1. The van der Waals surface area contributed by atoms with Crippen LogP contribution in [-0.4, -0.2) is 10.8 Å². The zero-order valence-corrected chi connectivity index (χ0v) is 9.82. The Morgan fingerprint density at radius 3 is 2.62 bits per heavy atom. The Kier molecular flexibility index (Phi) is 2.74. The molecular weight excluding hydrogens is 249 g/mol. The van der Waals surface area contributed by atoms with Crippen LogP contribution in [0.3, 0.4) is 0 Å². The number of aromatic amines is 1. The molecule has 16 heavy (non-hydrogen) atoms. The van der Waals surface area contributed by atoms with Crippen LogP contribution in [0, 0.1) is 0 Å². The second kappa shape index (κ2) is 3.92. The number of fused-ring (bicyclic) bond motifs is 1. The first-order valence-corrected chi connectivity index (χ1v) is 5.27. The molecule has 1 N–H and O–H groups in total. The topological polar surface area (TPSA) is 49.9 Å². The van der Waals surface area contributed by atoms with E-state index >= 15 is 0 Å². The van der Waals surface area contributed by atoms with Gasteiger partial charge in [-0.05, 0) is 19.1 Å². The molecule has 0 fully saturated rings. The van der Waals surface area contributed by atoms with Crippen LogP contribution >= 0.6 is 23.2 Å². The molecule has 0 aliphatic carbocycles. The van der Waals surface area contributed by atoms with Gasteiger partial charge in [-0.3, -0.25) is 9.59 Å². The minimum absolute atomic E-state index is 0.103. The molecule has 2 aromatic rings. The summed E-state index contributed by atoms with van der Waals surface area (Å²) in [5.41, 5.74) is 0.234. The first kappa shape index (κ1) is 11.2. The molecule has 1 heterocycles. The maximum absolute atomic E-state index is 11.9. The summed E-state index contributed by atoms with van der Waals surface area (Å²) < 4.78 is 0. The monoisotopic (exact) mass is 255 g/mol. The van der Waals surface area contributed by atoms with Gasteiger partial charge in [-0.1, -0.05) is 23.2 Å². The second-order valence-electron chi connectivity index (χ2n) is 3.40. The van der Waals surface area contributed by atoms with Crippen LogP contribution in [0.5, 0.6) is 0 Å². The highest BCUT2D eigenvalue weighted by atomic mass is 35.5. The van der Waals surface area contributed by atoms with Gasteiger partial charge < -0.3 is 4.98 Å². The Bertz CT molecular complexity index is 646. The number of carbonyl (C=O) groups excluding carboxylic acids is 1. The van der Waals surface area contributed by atoms with E-state index in [1.165, 1.54) is 25.3 Å². The molecule has 3 nitrogen and oxygen atoms in total. The van der Waals surface area contributed by atoms with Crippen LogP contribution in [-0.2, 0) is 0 Å². The normalized spacial score (nSPS) is 10.7. The maximum Gasteiger partial charge on any atom is 0.200 e. The van der Waals surface area contributed by atoms with Gasteiger partial charge in [0.05, 0.1) is 16.1 Å². The van der Waals surface area contributed by atoms with Gasteiger partial charge in [0.1, 0.15) is 0 Å². The summed E-state index contributed by atoms with van der Waals surface area (Å²) in [5, 5.41) is 1.05. The number of hydrogen-bond acceptors (Lipinski definition) is 2. The SMILES string of the molecule is CC(=O)c1c[nH]c2c(Cl)cc(Cl)cc2c1=O. The minimum atomic E-state index is -0.356. The Morgan fingerprint density at radius 2 is 2.00 bits per heavy atom. The van der Waals surface area contributed by atoms with Gasteiger partial charge in [0.15, 0.2) is 11.2 Å². The molecule has 2 rings (SSSR count). The summed E-state index contributed by atoms with van der Waals surface area (Å²) in [5.74, 6) is -0.292. The fourth-order valence-electron chi connectivity index (χ4n) is 1.52. The molecule has 0 saturated carbocycles. The van der Waals surface area contributed by atoms with Crippen LogP contribution in [0.2, 0.25) is 10.0 Å². The number of halogens is 2. The smallest absolute Gasteiger partial charge is 0.200 e. The van der Waals surface area contributed by atoms with E-state index in [1.54, 1.807) is 0 Å². The molecule has 0 aliphatic rings. The number of rotatable bonds is 1. The Labute approximate surface area is 101 Å². The van der Waals surface area contributed by atoms with Crippen LogP contribution < -0.4 is 5.43 Å². The summed E-state index contributed by atoms with van der Waals surface area (Å²) in [6.45, 7) is 1.34. The van der Waals surface area contributed by atoms with Crippen molar-refractivity contribution in [2.24, 2.45) is 0 Å². The lowest BCUT2D eigenvalue weighted by molar-refractivity contribution is 0.101. The van der Waals surface area contributed by atoms with Gasteiger partial charge in [0.25, 0.3) is 0 Å². The molecule has 0 unspecified atom stereocenters. The van der Waals surface area contributed by atoms with E-state index < -0.39 is 0 Å². The number of ketones is 1. The molecule has 5 heteroatoms. The average molecular weight is 256 g/mol. The van der Waals surface area contributed by atoms with Crippen LogP contribution in [0.25, 0.3) is 10.9 Å². The second-order valence-corrected chi connectivity index (χ2v) is 4.24. The summed E-state index contributed by atoms with van der Waals surface area (Å²) >= 11 is 11.7. The Balaban J connectivity index is 2.95. The summed E-state index contributed by atoms with van der Waals surface area (Å²) in [4.78, 5) is 25.9. The summed E-state index contributed by atoms with van der Waals surface area (Å²) in [6, 6.07) is 3.03. The highest BCUT2D eigenvalue weighted by Gasteiger charge is 2.11. The third-order valence-electron chi connectivity index (χ3n) is 2.28. The molecule has 0 aliphatic heterocycles. The van der Waals surface area contributed by atoms with E-state index in [9.17, 15) is 9.59 Å². The average Bonchev–Trinajstić information content (AvgIpc) is 2.19. The van der Waals surface area contributed by atoms with E-state index in [-0.39, 0.29) is 16.8 Å². The fourth-order valence-corrected chi connectivity index (χ4v) is 2.06. The van der Waals surface area contributed by atoms with E-state index in [0.29, 0.717) is 20.9 Å². The van der Waals surface area contributed by atoms with Gasteiger partial charge in [0, 0.05) is 16.6 Å². The molecule has 0 bridgehead atoms. The number of pyridine rings is 1. The van der Waals surface area contributed by atoms with Crippen molar-refractivity contribution >= 4 is 39.9 Å². The van der Waals surface area contributed by atoms with Gasteiger partial charge in [-0.2, -0.15) is 0 Å². The van der Waals surface area contributed by atoms with E-state index in [2.05, 4.69) is 4.98 Å². The standard InChI is InChI=1S/C11H7Cl2NO2/c1-5(15)8-4-14-10-7(11(8)16)2-6(12)3-9(10)13/h2-4H,1H3,(H,14,16). The predicted molar refractivity (Wildman–Crippen MR) is 64.6 cm³/mol. The van der Waals surface area contributed by atoms with Gasteiger partial charge in [-0.15, -0.1) is 0 Å². The highest BCUT2D eigenvalue weighted by Crippen LogP contribution is 2.24. The van der Waals surface area contributed by atoms with Gasteiger partial charge in [-0.25, -0.2) is 0 Å². The predicted octanol–water partition coefficient (Wildman–Crippen LogP) is 3.04. The third kappa shape index (κ3) is 1.72. The van der Waals surface area contributed by atoms with Crippen LogP contribution in [0.4, 0.5) is 0 Å². The van der Waals surface area contributed by atoms with Crippen molar-refractivity contribution < 1.29 is 4.79 Å². The first-order valence-electron chi connectivity index (χ1n) is 4.52. The maximum atomic E-state index is 11.9. The molecule has 0 spiro atoms. The van der Waals surface area contributed by atoms with E-state index in [4.69, 9.17) is 23.2 Å². The van der Waals surface area contributed by atoms with Crippen LogP contribution in [0.1, 0.15) is 17.3 Å². The molecule has 0 radical (unpaired) electrons. The Morgan fingerprint density at radius 1 is 1.31 bits per heavy atom. The number of hydrogen-bond donors (Lipinski definition) is 1. The van der Waals surface area contributed by atoms with Crippen molar-refractivity contribution in [3.8, 4) is 0 Å². The number of carbonyl (C=O) groups is 1. The van der Waals surface area contributed by atoms with Gasteiger partial charge >= 0.3 is 0 Å². The van der Waals surface area contributed by atoms with Crippen LogP contribution in [0.15, 0.2) is 23.1 Å². The first-order chi connectivity index (χ1) is 7.50. The number of Topliss-reactive ketones (excluding diaryl/α,β-unsaturated/α-hetero) is 1. The number of benzene rings is 1. The van der Waals surface area contributed by atoms with Crippen molar-refractivity contribution in [1.82, 2.24) is 4.98 Å². The molecule has 0 atom stereocenters. The molecule has 1 aromatic heterocycles. The minimum Gasteiger partial charge on any atom is -0.359 e. The van der Waals surface area contributed by atoms with Crippen molar-refractivity contribution in [3.05, 3.63) is 44.2 Å². The third-order valence-corrected chi connectivity index (χ3v) is 2.80. The van der Waals surface area contributed by atoms with Crippen molar-refractivity contribution in [2.75, 3.05) is 0 Å².